The maximum absolute atomic E-state index is 6.18. The molecule has 96 valence electrons. The minimum atomic E-state index is 0.378. The molecule has 0 saturated carbocycles. The van der Waals surface area contributed by atoms with Crippen molar-refractivity contribution in [1.29, 1.82) is 0 Å². The van der Waals surface area contributed by atoms with E-state index >= 15 is 0 Å². The molecular weight excluding hydrogens is 234 g/mol. The molecule has 0 aromatic heterocycles. The van der Waals surface area contributed by atoms with Gasteiger partial charge in [0.2, 0.25) is 0 Å². The summed E-state index contributed by atoms with van der Waals surface area (Å²) in [6.07, 6.45) is 1.08. The van der Waals surface area contributed by atoms with Crippen molar-refractivity contribution in [1.82, 2.24) is 0 Å². The molecule has 3 heteroatoms. The fraction of sp³-hybridized carbons (Fsp3) is 0.571. The van der Waals surface area contributed by atoms with E-state index in [0.717, 1.165) is 12.2 Å². The monoisotopic (exact) mass is 255 g/mol. The number of halogens is 1. The highest BCUT2D eigenvalue weighted by Gasteiger charge is 2.13. The van der Waals surface area contributed by atoms with Crippen molar-refractivity contribution < 1.29 is 4.74 Å². The first kappa shape index (κ1) is 14.3. The standard InChI is InChI=1S/C14H22ClNO/c1-4-17-14-6-5-11(8-13(14)15)12(9-16)7-10(2)3/h5-6,8,10,12H,4,7,9,16H2,1-3H3. The molecule has 0 spiro atoms. The largest absolute Gasteiger partial charge is 0.492 e. The Labute approximate surface area is 109 Å². The normalized spacial score (nSPS) is 12.8. The molecule has 1 aromatic carbocycles. The van der Waals surface area contributed by atoms with E-state index in [0.29, 0.717) is 30.0 Å². The van der Waals surface area contributed by atoms with Gasteiger partial charge < -0.3 is 10.5 Å². The van der Waals surface area contributed by atoms with Crippen LogP contribution in [0.15, 0.2) is 18.2 Å². The molecule has 2 N–H and O–H groups in total. The Hall–Kier alpha value is -0.730. The second kappa shape index (κ2) is 6.87. The molecule has 0 aliphatic carbocycles. The minimum absolute atomic E-state index is 0.378. The van der Waals surface area contributed by atoms with Gasteiger partial charge in [0.15, 0.2) is 0 Å². The van der Waals surface area contributed by atoms with Crippen molar-refractivity contribution in [3.8, 4) is 5.75 Å². The van der Waals surface area contributed by atoms with E-state index in [-0.39, 0.29) is 0 Å². The lowest BCUT2D eigenvalue weighted by molar-refractivity contribution is 0.340. The van der Waals surface area contributed by atoms with Gasteiger partial charge in [0.1, 0.15) is 5.75 Å². The van der Waals surface area contributed by atoms with Crippen LogP contribution in [0.1, 0.15) is 38.7 Å². The Morgan fingerprint density at radius 1 is 1.35 bits per heavy atom. The van der Waals surface area contributed by atoms with Crippen LogP contribution in [-0.2, 0) is 0 Å². The van der Waals surface area contributed by atoms with E-state index in [4.69, 9.17) is 22.1 Å². The molecule has 1 aromatic rings. The fourth-order valence-electron chi connectivity index (χ4n) is 1.98. The molecule has 0 heterocycles. The number of benzene rings is 1. The van der Waals surface area contributed by atoms with E-state index in [1.54, 1.807) is 0 Å². The maximum atomic E-state index is 6.18. The summed E-state index contributed by atoms with van der Waals surface area (Å²) in [6.45, 7) is 7.65. The van der Waals surface area contributed by atoms with E-state index in [9.17, 15) is 0 Å². The molecule has 1 rings (SSSR count). The lowest BCUT2D eigenvalue weighted by atomic mass is 9.90. The third-order valence-electron chi connectivity index (χ3n) is 2.77. The Bertz CT molecular complexity index is 352. The first-order valence-corrected chi connectivity index (χ1v) is 6.58. The summed E-state index contributed by atoms with van der Waals surface area (Å²) in [5.41, 5.74) is 7.03. The molecule has 17 heavy (non-hydrogen) atoms. The van der Waals surface area contributed by atoms with Crippen LogP contribution in [0.3, 0.4) is 0 Å². The van der Waals surface area contributed by atoms with Gasteiger partial charge in [-0.25, -0.2) is 0 Å². The third kappa shape index (κ3) is 4.21. The van der Waals surface area contributed by atoms with Gasteiger partial charge in [-0.1, -0.05) is 31.5 Å². The van der Waals surface area contributed by atoms with Crippen molar-refractivity contribution in [2.45, 2.75) is 33.1 Å². The molecule has 0 aliphatic rings. The minimum Gasteiger partial charge on any atom is -0.492 e. The first-order valence-electron chi connectivity index (χ1n) is 6.20. The average Bonchev–Trinajstić information content (AvgIpc) is 2.28. The number of hydrogen-bond acceptors (Lipinski definition) is 2. The maximum Gasteiger partial charge on any atom is 0.137 e. The lowest BCUT2D eigenvalue weighted by Gasteiger charge is -2.18. The van der Waals surface area contributed by atoms with Crippen LogP contribution in [-0.4, -0.2) is 13.2 Å². The van der Waals surface area contributed by atoms with Crippen LogP contribution in [0.4, 0.5) is 0 Å². The highest BCUT2D eigenvalue weighted by atomic mass is 35.5. The zero-order valence-corrected chi connectivity index (χ0v) is 11.6. The van der Waals surface area contributed by atoms with Crippen LogP contribution in [0.5, 0.6) is 5.75 Å². The predicted octanol–water partition coefficient (Wildman–Crippen LogP) is 3.83. The quantitative estimate of drug-likeness (QED) is 0.839. The van der Waals surface area contributed by atoms with Crippen LogP contribution in [0.25, 0.3) is 0 Å². The van der Waals surface area contributed by atoms with Crippen LogP contribution in [0.2, 0.25) is 5.02 Å². The number of ether oxygens (including phenoxy) is 1. The topological polar surface area (TPSA) is 35.2 Å². The van der Waals surface area contributed by atoms with Crippen molar-refractivity contribution in [3.05, 3.63) is 28.8 Å². The Kier molecular flexibility index (Phi) is 5.79. The molecule has 1 atom stereocenters. The Morgan fingerprint density at radius 2 is 2.06 bits per heavy atom. The van der Waals surface area contributed by atoms with E-state index in [1.165, 1.54) is 5.56 Å². The molecule has 0 aliphatic heterocycles. The SMILES string of the molecule is CCOc1ccc(C(CN)CC(C)C)cc1Cl. The zero-order chi connectivity index (χ0) is 12.8. The first-order chi connectivity index (χ1) is 8.08. The van der Waals surface area contributed by atoms with Gasteiger partial charge in [0, 0.05) is 0 Å². The highest BCUT2D eigenvalue weighted by Crippen LogP contribution is 2.30. The summed E-state index contributed by atoms with van der Waals surface area (Å²) in [5.74, 6) is 1.76. The summed E-state index contributed by atoms with van der Waals surface area (Å²) in [6, 6.07) is 5.98. The summed E-state index contributed by atoms with van der Waals surface area (Å²) in [4.78, 5) is 0. The molecule has 0 amide bonds. The predicted molar refractivity (Wildman–Crippen MR) is 73.9 cm³/mol. The molecule has 0 radical (unpaired) electrons. The molecular formula is C14H22ClNO. The summed E-state index contributed by atoms with van der Waals surface area (Å²) in [7, 11) is 0. The summed E-state index contributed by atoms with van der Waals surface area (Å²) < 4.78 is 5.42. The van der Waals surface area contributed by atoms with Crippen molar-refractivity contribution in [3.63, 3.8) is 0 Å². The van der Waals surface area contributed by atoms with Crippen molar-refractivity contribution >= 4 is 11.6 Å². The van der Waals surface area contributed by atoms with Crippen LogP contribution in [0, 0.1) is 5.92 Å². The van der Waals surface area contributed by atoms with Crippen molar-refractivity contribution in [2.24, 2.45) is 11.7 Å². The van der Waals surface area contributed by atoms with Gasteiger partial charge in [-0.15, -0.1) is 0 Å². The Balaban J connectivity index is 2.86. The van der Waals surface area contributed by atoms with Crippen molar-refractivity contribution in [2.75, 3.05) is 13.2 Å². The van der Waals surface area contributed by atoms with Gasteiger partial charge in [0.25, 0.3) is 0 Å². The smallest absolute Gasteiger partial charge is 0.137 e. The summed E-state index contributed by atoms with van der Waals surface area (Å²) in [5, 5.41) is 0.673. The molecule has 2 nitrogen and oxygen atoms in total. The molecule has 0 bridgehead atoms. The van der Waals surface area contributed by atoms with Gasteiger partial charge >= 0.3 is 0 Å². The number of nitrogens with two attached hydrogens (primary N) is 1. The average molecular weight is 256 g/mol. The van der Waals surface area contributed by atoms with E-state index < -0.39 is 0 Å². The van der Waals surface area contributed by atoms with E-state index in [2.05, 4.69) is 19.9 Å². The van der Waals surface area contributed by atoms with Gasteiger partial charge in [-0.05, 0) is 49.4 Å². The second-order valence-corrected chi connectivity index (χ2v) is 5.09. The lowest BCUT2D eigenvalue weighted by Crippen LogP contribution is -2.14. The number of hydrogen-bond donors (Lipinski definition) is 1. The Morgan fingerprint density at radius 3 is 2.53 bits per heavy atom. The molecule has 0 saturated heterocycles. The zero-order valence-electron chi connectivity index (χ0n) is 10.9. The third-order valence-corrected chi connectivity index (χ3v) is 3.06. The molecule has 0 fully saturated rings. The summed E-state index contributed by atoms with van der Waals surface area (Å²) >= 11 is 6.18. The van der Waals surface area contributed by atoms with Gasteiger partial charge in [-0.3, -0.25) is 0 Å². The second-order valence-electron chi connectivity index (χ2n) is 4.69. The molecule has 1 unspecified atom stereocenters. The van der Waals surface area contributed by atoms with Gasteiger partial charge in [0.05, 0.1) is 11.6 Å². The van der Waals surface area contributed by atoms with Gasteiger partial charge in [-0.2, -0.15) is 0 Å². The van der Waals surface area contributed by atoms with Crippen LogP contribution >= 0.6 is 11.6 Å². The fourth-order valence-corrected chi connectivity index (χ4v) is 2.22. The van der Waals surface area contributed by atoms with Crippen LogP contribution < -0.4 is 10.5 Å². The van der Waals surface area contributed by atoms with E-state index in [1.807, 2.05) is 19.1 Å². The number of rotatable bonds is 6. The highest BCUT2D eigenvalue weighted by molar-refractivity contribution is 6.32.